The van der Waals surface area contributed by atoms with Gasteiger partial charge in [0.15, 0.2) is 10.9 Å². The van der Waals surface area contributed by atoms with Crippen molar-refractivity contribution in [3.8, 4) is 11.3 Å². The number of nitrogens with one attached hydrogen (secondary N) is 1. The van der Waals surface area contributed by atoms with E-state index in [0.29, 0.717) is 5.92 Å². The van der Waals surface area contributed by atoms with Gasteiger partial charge in [0.2, 0.25) is 0 Å². The van der Waals surface area contributed by atoms with Crippen molar-refractivity contribution in [3.63, 3.8) is 0 Å². The minimum Gasteiger partial charge on any atom is -0.354 e. The molecule has 0 spiro atoms. The van der Waals surface area contributed by atoms with Gasteiger partial charge in [0.25, 0.3) is 0 Å². The first-order chi connectivity index (χ1) is 28.2. The molecule has 10 aromatic rings. The van der Waals surface area contributed by atoms with Crippen LogP contribution in [0.15, 0.2) is 161 Å². The molecular weight excluding hydrogens is 747 g/mol. The van der Waals surface area contributed by atoms with Crippen LogP contribution in [0.5, 0.6) is 0 Å². The lowest BCUT2D eigenvalue weighted by molar-refractivity contribution is 0.869. The molecule has 0 aliphatic carbocycles. The Morgan fingerprint density at radius 3 is 1.67 bits per heavy atom. The summed E-state index contributed by atoms with van der Waals surface area (Å²) in [6.07, 6.45) is 1.67. The summed E-state index contributed by atoms with van der Waals surface area (Å²) < 4.78 is 4.18. The molecule has 0 aliphatic rings. The zero-order chi connectivity index (χ0) is 39.9. The average molecular weight is 790 g/mol. The first-order valence-corrected chi connectivity index (χ1v) is 21.5. The van der Waals surface area contributed by atoms with E-state index in [4.69, 9.17) is 0 Å². The molecule has 0 saturated carbocycles. The fourth-order valence-electron chi connectivity index (χ4n) is 7.94. The predicted molar refractivity (Wildman–Crippen MR) is 251 cm³/mol. The Hall–Kier alpha value is -6.14. The lowest BCUT2D eigenvalue weighted by Gasteiger charge is -2.11. The third-order valence-electron chi connectivity index (χ3n) is 11.2. The summed E-state index contributed by atoms with van der Waals surface area (Å²) in [5, 5.41) is 4.53. The predicted octanol–water partition coefficient (Wildman–Crippen LogP) is 13.9. The van der Waals surface area contributed by atoms with Crippen molar-refractivity contribution in [3.05, 3.63) is 211 Å². The van der Waals surface area contributed by atoms with Crippen LogP contribution >= 0.6 is 22.7 Å². The Kier molecular flexibility index (Phi) is 10.1. The van der Waals surface area contributed by atoms with Crippen LogP contribution in [0.25, 0.3) is 62.5 Å². The fourth-order valence-corrected chi connectivity index (χ4v) is 10.0. The standard InChI is InChI=1S/C40H35NOS.C13H8OS/c1-24(2)29-16-18-36-32(22-29)40(42)33-23-31(17-19-37(33)43-36)39-34(21-28-14-10-26(4)11-15-28)38-30(6-5-7-35(38)41-39)20-27-12-8-25(3)9-13-27;14-13-9-5-1-3-7-11(9)15-12-8-4-2-6-10(12)13/h5-19,22-24,41H,20-21H2,1-4H3;1-8H. The number of benzene rings is 7. The third-order valence-corrected chi connectivity index (χ3v) is 13.5. The Morgan fingerprint density at radius 1 is 0.517 bits per heavy atom. The topological polar surface area (TPSA) is 49.9 Å². The van der Waals surface area contributed by atoms with Crippen LogP contribution in [0.3, 0.4) is 0 Å². The van der Waals surface area contributed by atoms with Crippen molar-refractivity contribution < 1.29 is 0 Å². The second-order valence-corrected chi connectivity index (χ2v) is 17.8. The van der Waals surface area contributed by atoms with Crippen LogP contribution in [0, 0.1) is 13.8 Å². The van der Waals surface area contributed by atoms with Crippen LogP contribution in [0.2, 0.25) is 0 Å². The molecule has 1 N–H and O–H groups in total. The Morgan fingerprint density at radius 2 is 1.05 bits per heavy atom. The molecule has 0 bridgehead atoms. The summed E-state index contributed by atoms with van der Waals surface area (Å²) in [5.74, 6) is 0.376. The molecule has 284 valence electrons. The number of fused-ring (bicyclic) bond motifs is 5. The summed E-state index contributed by atoms with van der Waals surface area (Å²) in [6.45, 7) is 8.61. The number of hydrogen-bond donors (Lipinski definition) is 1. The zero-order valence-electron chi connectivity index (χ0n) is 33.1. The minimum atomic E-state index is 0.115. The highest BCUT2D eigenvalue weighted by atomic mass is 32.1. The lowest BCUT2D eigenvalue weighted by Crippen LogP contribution is -2.02. The Bertz CT molecular complexity index is 3200. The van der Waals surface area contributed by atoms with Crippen molar-refractivity contribution >= 4 is 73.9 Å². The maximum Gasteiger partial charge on any atom is 0.195 e. The largest absolute Gasteiger partial charge is 0.354 e. The van der Waals surface area contributed by atoms with Gasteiger partial charge in [0.05, 0.1) is 5.69 Å². The van der Waals surface area contributed by atoms with E-state index < -0.39 is 0 Å². The monoisotopic (exact) mass is 789 g/mol. The summed E-state index contributed by atoms with van der Waals surface area (Å²) in [5.41, 5.74) is 12.4. The molecule has 0 amide bonds. The number of aromatic nitrogens is 1. The number of H-pyrrole nitrogens is 1. The van der Waals surface area contributed by atoms with Crippen molar-refractivity contribution in [2.24, 2.45) is 0 Å². The molecule has 3 aromatic heterocycles. The van der Waals surface area contributed by atoms with Crippen molar-refractivity contribution in [2.45, 2.75) is 46.5 Å². The Balaban J connectivity index is 0.000000242. The number of hydrogen-bond acceptors (Lipinski definition) is 4. The highest BCUT2D eigenvalue weighted by Gasteiger charge is 2.19. The van der Waals surface area contributed by atoms with E-state index in [1.54, 1.807) is 22.7 Å². The van der Waals surface area contributed by atoms with Gasteiger partial charge in [0.1, 0.15) is 0 Å². The van der Waals surface area contributed by atoms with E-state index in [9.17, 15) is 9.59 Å². The molecule has 3 nitrogen and oxygen atoms in total. The third kappa shape index (κ3) is 7.28. The molecule has 0 aliphatic heterocycles. The number of aryl methyl sites for hydroxylation is 2. The van der Waals surface area contributed by atoms with Gasteiger partial charge < -0.3 is 4.98 Å². The van der Waals surface area contributed by atoms with Gasteiger partial charge in [-0.3, -0.25) is 9.59 Å². The summed E-state index contributed by atoms with van der Waals surface area (Å²) >= 11 is 3.36. The van der Waals surface area contributed by atoms with E-state index in [1.807, 2.05) is 48.5 Å². The number of aromatic amines is 1. The minimum absolute atomic E-state index is 0.115. The van der Waals surface area contributed by atoms with E-state index in [1.165, 1.54) is 44.3 Å². The molecule has 5 heteroatoms. The fraction of sp³-hybridized carbons (Fsp3) is 0.132. The van der Waals surface area contributed by atoms with Crippen molar-refractivity contribution in [1.29, 1.82) is 0 Å². The van der Waals surface area contributed by atoms with Gasteiger partial charge in [-0.2, -0.15) is 0 Å². The molecule has 0 atom stereocenters. The van der Waals surface area contributed by atoms with Crippen LogP contribution in [-0.2, 0) is 12.8 Å². The van der Waals surface area contributed by atoms with Gasteiger partial charge in [-0.25, -0.2) is 0 Å². The highest BCUT2D eigenvalue weighted by Crippen LogP contribution is 2.37. The van der Waals surface area contributed by atoms with E-state index in [-0.39, 0.29) is 10.9 Å². The average Bonchev–Trinajstić information content (AvgIpc) is 3.61. The zero-order valence-corrected chi connectivity index (χ0v) is 34.7. The number of rotatable bonds is 6. The van der Waals surface area contributed by atoms with Crippen LogP contribution in [0.1, 0.15) is 58.7 Å². The SMILES string of the molecule is Cc1ccc(Cc2cccc3[nH]c(-c4ccc5sc6ccc(C(C)C)cc6c(=O)c5c4)c(Cc4ccc(C)cc4)c23)cc1.O=c1c2ccccc2sc2ccccc12. The molecule has 0 unspecified atom stereocenters. The van der Waals surface area contributed by atoms with Crippen LogP contribution in [-0.4, -0.2) is 4.98 Å². The summed E-state index contributed by atoms with van der Waals surface area (Å²) in [7, 11) is 0. The maximum absolute atomic E-state index is 13.9. The van der Waals surface area contributed by atoms with Crippen LogP contribution < -0.4 is 10.9 Å². The van der Waals surface area contributed by atoms with Gasteiger partial charge >= 0.3 is 0 Å². The quantitative estimate of drug-likeness (QED) is 0.171. The van der Waals surface area contributed by atoms with Gasteiger partial charge in [0, 0.05) is 57.7 Å². The van der Waals surface area contributed by atoms with Gasteiger partial charge in [-0.15, -0.1) is 22.7 Å². The van der Waals surface area contributed by atoms with Crippen molar-refractivity contribution in [2.75, 3.05) is 0 Å². The molecular formula is C53H43NO2S2. The van der Waals surface area contributed by atoms with Crippen molar-refractivity contribution in [1.82, 2.24) is 4.98 Å². The molecule has 0 radical (unpaired) electrons. The second-order valence-electron chi connectivity index (χ2n) is 15.6. The van der Waals surface area contributed by atoms with E-state index >= 15 is 0 Å². The maximum atomic E-state index is 13.9. The van der Waals surface area contributed by atoms with Gasteiger partial charge in [-0.1, -0.05) is 122 Å². The second kappa shape index (κ2) is 15.7. The first-order valence-electron chi connectivity index (χ1n) is 19.8. The summed E-state index contributed by atoms with van der Waals surface area (Å²) in [4.78, 5) is 29.8. The lowest BCUT2D eigenvalue weighted by atomic mass is 9.93. The smallest absolute Gasteiger partial charge is 0.195 e. The first kappa shape index (κ1) is 37.4. The highest BCUT2D eigenvalue weighted by molar-refractivity contribution is 7.24. The van der Waals surface area contributed by atoms with E-state index in [0.717, 1.165) is 70.0 Å². The molecule has 3 heterocycles. The van der Waals surface area contributed by atoms with E-state index in [2.05, 4.69) is 136 Å². The molecule has 0 fully saturated rings. The summed E-state index contributed by atoms with van der Waals surface area (Å²) in [6, 6.07) is 52.6. The normalized spacial score (nSPS) is 11.5. The Labute approximate surface area is 345 Å². The molecule has 0 saturated heterocycles. The van der Waals surface area contributed by atoms with Crippen LogP contribution in [0.4, 0.5) is 0 Å². The van der Waals surface area contributed by atoms with Gasteiger partial charge in [-0.05, 0) is 114 Å². The molecule has 58 heavy (non-hydrogen) atoms. The molecule has 7 aromatic carbocycles. The molecule has 10 rings (SSSR count).